The smallest absolute Gasteiger partial charge is 0.348 e. The number of nitrogens with zero attached hydrogens (tertiary/aromatic N) is 1. The Bertz CT molecular complexity index is 1360. The van der Waals surface area contributed by atoms with Gasteiger partial charge in [-0.05, 0) is 77.4 Å². The molecule has 0 aliphatic carbocycles. The maximum Gasteiger partial charge on any atom is 0.416 e. The lowest BCUT2D eigenvalue weighted by atomic mass is 10.1. The Labute approximate surface area is 208 Å². The number of pyridine rings is 1. The van der Waals surface area contributed by atoms with Crippen LogP contribution in [0.4, 0.5) is 13.2 Å². The predicted octanol–water partition coefficient (Wildman–Crippen LogP) is 5.36. The second-order valence-electron chi connectivity index (χ2n) is 7.93. The van der Waals surface area contributed by atoms with Gasteiger partial charge < -0.3 is 5.32 Å². The van der Waals surface area contributed by atoms with Crippen molar-refractivity contribution < 1.29 is 27.1 Å². The Kier molecular flexibility index (Phi) is 6.57. The van der Waals surface area contributed by atoms with Crippen molar-refractivity contribution in [2.75, 3.05) is 5.75 Å². The molecule has 0 saturated heterocycles. The van der Waals surface area contributed by atoms with Crippen molar-refractivity contribution >= 4 is 39.1 Å². The van der Waals surface area contributed by atoms with Crippen LogP contribution >= 0.6 is 33.2 Å². The van der Waals surface area contributed by atoms with Gasteiger partial charge in [-0.2, -0.15) is 23.8 Å². The Hall–Kier alpha value is -2.35. The van der Waals surface area contributed by atoms with Crippen molar-refractivity contribution in [3.05, 3.63) is 90.4 Å². The number of nitrogens with one attached hydrogen (secondary N) is 1. The first-order chi connectivity index (χ1) is 15.9. The number of fused-ring (bicyclic) bond motifs is 1. The number of hydrogen-bond acceptors (Lipinski definition) is 4. The van der Waals surface area contributed by atoms with Crippen molar-refractivity contribution in [1.82, 2.24) is 9.88 Å². The van der Waals surface area contributed by atoms with E-state index in [0.717, 1.165) is 27.8 Å². The third-order valence-electron chi connectivity index (χ3n) is 5.65. The van der Waals surface area contributed by atoms with E-state index in [9.17, 15) is 31.9 Å². The fourth-order valence-electron chi connectivity index (χ4n) is 3.86. The molecular weight excluding hydrogens is 584 g/mol. The second kappa shape index (κ2) is 9.02. The zero-order valence-electron chi connectivity index (χ0n) is 17.8. The summed E-state index contributed by atoms with van der Waals surface area (Å²) in [5, 5.41) is 2.68. The van der Waals surface area contributed by atoms with E-state index < -0.39 is 33.8 Å². The van der Waals surface area contributed by atoms with Gasteiger partial charge in [0, 0.05) is 27.2 Å². The molecule has 180 valence electrons. The van der Waals surface area contributed by atoms with Gasteiger partial charge in [-0.3, -0.25) is 23.3 Å². The van der Waals surface area contributed by atoms with E-state index in [1.807, 2.05) is 22.6 Å². The van der Waals surface area contributed by atoms with E-state index in [0.29, 0.717) is 20.6 Å². The fourth-order valence-corrected chi connectivity index (χ4v) is 6.01. The van der Waals surface area contributed by atoms with E-state index >= 15 is 0 Å². The molecule has 2 aromatic carbocycles. The van der Waals surface area contributed by atoms with Crippen LogP contribution in [0.2, 0.25) is 0 Å². The average Bonchev–Trinajstić information content (AvgIpc) is 3.08. The molecule has 0 spiro atoms. The highest BCUT2D eigenvalue weighted by Crippen LogP contribution is 2.54. The highest BCUT2D eigenvalue weighted by molar-refractivity contribution is 14.1. The van der Waals surface area contributed by atoms with Crippen molar-refractivity contribution in [3.8, 4) is 5.69 Å². The van der Waals surface area contributed by atoms with Crippen LogP contribution in [-0.4, -0.2) is 25.3 Å². The number of alkyl halides is 3. The lowest BCUT2D eigenvalue weighted by Crippen LogP contribution is -2.33. The molecule has 0 atom stereocenters. The average molecular weight is 604 g/mol. The van der Waals surface area contributed by atoms with E-state index in [4.69, 9.17) is 0 Å². The summed E-state index contributed by atoms with van der Waals surface area (Å²) in [5.41, 5.74) is 0.157. The molecule has 6 nitrogen and oxygen atoms in total. The van der Waals surface area contributed by atoms with Crippen molar-refractivity contribution in [1.29, 1.82) is 0 Å². The van der Waals surface area contributed by atoms with Crippen LogP contribution in [0.1, 0.15) is 32.7 Å². The van der Waals surface area contributed by atoms with E-state index in [-0.39, 0.29) is 23.5 Å². The minimum atomic E-state index is -4.57. The Morgan fingerprint density at radius 1 is 1.18 bits per heavy atom. The molecule has 0 fully saturated rings. The van der Waals surface area contributed by atoms with Crippen molar-refractivity contribution in [2.24, 2.45) is 0 Å². The van der Waals surface area contributed by atoms with Crippen LogP contribution in [0.25, 0.3) is 5.69 Å². The summed E-state index contributed by atoms with van der Waals surface area (Å²) in [7, 11) is -2.76. The van der Waals surface area contributed by atoms with Gasteiger partial charge >= 0.3 is 6.18 Å². The van der Waals surface area contributed by atoms with Crippen LogP contribution in [-0.2, 0) is 19.1 Å². The molecule has 2 heterocycles. The molecule has 1 aromatic heterocycles. The van der Waals surface area contributed by atoms with Crippen LogP contribution in [0.15, 0.2) is 58.2 Å². The summed E-state index contributed by atoms with van der Waals surface area (Å²) < 4.78 is 61.3. The summed E-state index contributed by atoms with van der Waals surface area (Å²) in [6.07, 6.45) is -4.05. The standard InChI is InChI=1S/C23H20F3IN2O4S/c1-13-19(27)11-18(22(31)29(13)17-4-2-3-16(10-17)23(24,25)26)21(30)28-12-14-5-6-20-15(9-14)7-8-34(20,32)33/h2-6,9-11,32-33H,7-8,12H2,1H3,(H,28,30). The highest BCUT2D eigenvalue weighted by Gasteiger charge is 2.31. The molecule has 3 N–H and O–H groups in total. The molecule has 0 bridgehead atoms. The van der Waals surface area contributed by atoms with Gasteiger partial charge in [-0.25, -0.2) is 0 Å². The largest absolute Gasteiger partial charge is 0.416 e. The van der Waals surface area contributed by atoms with Crippen LogP contribution in [0, 0.1) is 10.5 Å². The molecule has 11 heteroatoms. The Morgan fingerprint density at radius 3 is 2.62 bits per heavy atom. The number of halogens is 4. The maximum atomic E-state index is 13.2. The van der Waals surface area contributed by atoms with Gasteiger partial charge in [-0.15, -0.1) is 0 Å². The number of carbonyl (C=O) groups is 1. The summed E-state index contributed by atoms with van der Waals surface area (Å²) in [4.78, 5) is 26.5. The minimum absolute atomic E-state index is 0.0162. The predicted molar refractivity (Wildman–Crippen MR) is 132 cm³/mol. The van der Waals surface area contributed by atoms with Crippen LogP contribution in [0.5, 0.6) is 0 Å². The number of carbonyl (C=O) groups excluding carboxylic acids is 1. The summed E-state index contributed by atoms with van der Waals surface area (Å²) in [6.45, 7) is 1.69. The SMILES string of the molecule is Cc1c(I)cc(C(=O)NCc2ccc3c(c2)CCS3(O)O)c(=O)n1-c1cccc(C(F)(F)F)c1. The van der Waals surface area contributed by atoms with Gasteiger partial charge in [0.1, 0.15) is 5.56 Å². The number of aromatic nitrogens is 1. The van der Waals surface area contributed by atoms with Gasteiger partial charge in [-0.1, -0.05) is 18.2 Å². The first kappa shape index (κ1) is 24.8. The lowest BCUT2D eigenvalue weighted by Gasteiger charge is -2.27. The molecule has 34 heavy (non-hydrogen) atoms. The maximum absolute atomic E-state index is 13.2. The monoisotopic (exact) mass is 604 g/mol. The summed E-state index contributed by atoms with van der Waals surface area (Å²) in [5.74, 6) is -0.386. The number of hydrogen-bond donors (Lipinski definition) is 3. The second-order valence-corrected chi connectivity index (χ2v) is 11.3. The zero-order chi connectivity index (χ0) is 24.8. The molecule has 1 amide bonds. The molecule has 3 aromatic rings. The fraction of sp³-hybridized carbons (Fsp3) is 0.217. The molecule has 4 rings (SSSR count). The van der Waals surface area contributed by atoms with Crippen molar-refractivity contribution in [2.45, 2.75) is 31.0 Å². The normalized spacial score (nSPS) is 15.6. The zero-order valence-corrected chi connectivity index (χ0v) is 20.8. The Morgan fingerprint density at radius 2 is 1.91 bits per heavy atom. The third-order valence-corrected chi connectivity index (χ3v) is 8.62. The van der Waals surface area contributed by atoms with Crippen molar-refractivity contribution in [3.63, 3.8) is 0 Å². The molecular formula is C23H20F3IN2O4S. The molecule has 0 radical (unpaired) electrons. The van der Waals surface area contributed by atoms with E-state index in [2.05, 4.69) is 5.32 Å². The first-order valence-corrected chi connectivity index (χ1v) is 12.9. The van der Waals surface area contributed by atoms with E-state index in [1.54, 1.807) is 25.1 Å². The molecule has 0 saturated carbocycles. The topological polar surface area (TPSA) is 91.6 Å². The van der Waals surface area contributed by atoms with E-state index in [1.165, 1.54) is 18.2 Å². The number of rotatable bonds is 4. The number of amides is 1. The lowest BCUT2D eigenvalue weighted by molar-refractivity contribution is -0.137. The Balaban J connectivity index is 1.63. The van der Waals surface area contributed by atoms with Gasteiger partial charge in [0.2, 0.25) is 0 Å². The number of aryl methyl sites for hydroxylation is 1. The molecule has 0 unspecified atom stereocenters. The first-order valence-electron chi connectivity index (χ1n) is 10.1. The molecule has 1 aliphatic rings. The van der Waals surface area contributed by atoms with Gasteiger partial charge in [0.15, 0.2) is 0 Å². The summed E-state index contributed by atoms with van der Waals surface area (Å²) >= 11 is 1.93. The van der Waals surface area contributed by atoms with Gasteiger partial charge in [0.05, 0.1) is 10.5 Å². The van der Waals surface area contributed by atoms with Crippen LogP contribution < -0.4 is 10.9 Å². The summed E-state index contributed by atoms with van der Waals surface area (Å²) in [6, 6.07) is 10.9. The molecule has 1 aliphatic heterocycles. The highest BCUT2D eigenvalue weighted by atomic mass is 127. The quantitative estimate of drug-likeness (QED) is 0.350. The third kappa shape index (κ3) is 4.74. The minimum Gasteiger partial charge on any atom is -0.348 e. The van der Waals surface area contributed by atoms with Gasteiger partial charge in [0.25, 0.3) is 11.5 Å². The number of benzene rings is 2. The van der Waals surface area contributed by atoms with Crippen LogP contribution in [0.3, 0.4) is 0 Å².